The van der Waals surface area contributed by atoms with Crippen molar-refractivity contribution >= 4 is 108 Å². The molecule has 0 N–H and O–H groups in total. The number of benzene rings is 13. The molecule has 310 valence electrons. The molecule has 1 nitrogen and oxygen atoms in total. The first-order valence-electron chi connectivity index (χ1n) is 23.7. The second-order valence-corrected chi connectivity index (χ2v) is 19.3. The molecule has 1 aliphatic rings. The van der Waals surface area contributed by atoms with Crippen LogP contribution in [0.4, 0.5) is 0 Å². The molecule has 1 aliphatic carbocycles. The second-order valence-electron chi connectivity index (χ2n) is 19.3. The SMILES string of the molecule is Cc1ccccc1-c1c2cc3c(cc2c(-c2ccccc2C)c2c4ccc5c6ccc7c8c(ccc(c9ccc(c12)c4c95)c86)-c1ccccc1-7)c1ccc(-c2ccc(C#N)cc2)c2cccc3c21. The van der Waals surface area contributed by atoms with E-state index in [4.69, 9.17) is 0 Å². The quantitative estimate of drug-likeness (QED) is 0.128. The van der Waals surface area contributed by atoms with Gasteiger partial charge in [-0.2, -0.15) is 5.26 Å². The van der Waals surface area contributed by atoms with E-state index in [-0.39, 0.29) is 0 Å². The van der Waals surface area contributed by atoms with Crippen LogP contribution < -0.4 is 0 Å². The summed E-state index contributed by atoms with van der Waals surface area (Å²) in [6.45, 7) is 4.55. The number of aryl methyl sites for hydroxylation is 2. The molecule has 15 aromatic rings. The van der Waals surface area contributed by atoms with Crippen molar-refractivity contribution in [1.29, 1.82) is 5.26 Å². The highest BCUT2D eigenvalue weighted by Gasteiger charge is 2.29. The Kier molecular flexibility index (Phi) is 6.82. The van der Waals surface area contributed by atoms with Gasteiger partial charge in [-0.25, -0.2) is 0 Å². The second kappa shape index (κ2) is 12.7. The van der Waals surface area contributed by atoms with Crippen LogP contribution in [0.2, 0.25) is 0 Å². The van der Waals surface area contributed by atoms with Gasteiger partial charge >= 0.3 is 0 Å². The maximum absolute atomic E-state index is 9.57. The van der Waals surface area contributed by atoms with Crippen LogP contribution in [-0.4, -0.2) is 0 Å². The van der Waals surface area contributed by atoms with Crippen LogP contribution in [0.3, 0.4) is 0 Å². The van der Waals surface area contributed by atoms with Crippen LogP contribution in [-0.2, 0) is 0 Å². The van der Waals surface area contributed by atoms with Crippen LogP contribution in [0, 0.1) is 25.2 Å². The van der Waals surface area contributed by atoms with Gasteiger partial charge in [-0.1, -0.05) is 164 Å². The highest BCUT2D eigenvalue weighted by atomic mass is 14.3. The number of fused-ring (bicyclic) bond motifs is 12. The first-order chi connectivity index (χ1) is 33.6. The van der Waals surface area contributed by atoms with Gasteiger partial charge in [0.25, 0.3) is 0 Å². The molecule has 16 rings (SSSR count). The molecule has 0 fully saturated rings. The predicted molar refractivity (Wildman–Crippen MR) is 290 cm³/mol. The number of nitrogens with zero attached hydrogens (tertiary/aromatic N) is 1. The smallest absolute Gasteiger partial charge is 0.0991 e. The van der Waals surface area contributed by atoms with E-state index in [1.807, 2.05) is 12.1 Å². The maximum Gasteiger partial charge on any atom is 0.0991 e. The fraction of sp³-hybridized carbons (Fsp3) is 0.0299. The lowest BCUT2D eigenvalue weighted by Crippen LogP contribution is -1.92. The molecule has 1 heteroatoms. The van der Waals surface area contributed by atoms with Crippen molar-refractivity contribution in [3.63, 3.8) is 0 Å². The monoisotopic (exact) mass is 855 g/mol. The number of hydrogen-bond acceptors (Lipinski definition) is 1. The summed E-state index contributed by atoms with van der Waals surface area (Å²) in [5.74, 6) is 0. The number of rotatable bonds is 3. The Morgan fingerprint density at radius 1 is 0.265 bits per heavy atom. The normalized spacial score (nSPS) is 12.5. The minimum absolute atomic E-state index is 0.671. The van der Waals surface area contributed by atoms with Crippen molar-refractivity contribution < 1.29 is 0 Å². The third-order valence-electron chi connectivity index (χ3n) is 16.2. The zero-order valence-corrected chi connectivity index (χ0v) is 37.3. The Bertz CT molecular complexity index is 4560. The summed E-state index contributed by atoms with van der Waals surface area (Å²) in [6.07, 6.45) is 0. The van der Waals surface area contributed by atoms with Gasteiger partial charge in [-0.3, -0.25) is 0 Å². The van der Waals surface area contributed by atoms with Crippen molar-refractivity contribution in [2.45, 2.75) is 13.8 Å². The summed E-state index contributed by atoms with van der Waals surface area (Å²) < 4.78 is 0. The molecule has 0 saturated heterocycles. The molecule has 0 atom stereocenters. The largest absolute Gasteiger partial charge is 0.192 e. The Balaban J connectivity index is 1.10. The van der Waals surface area contributed by atoms with Crippen molar-refractivity contribution in [2.75, 3.05) is 0 Å². The van der Waals surface area contributed by atoms with E-state index in [1.54, 1.807) is 0 Å². The topological polar surface area (TPSA) is 23.8 Å². The van der Waals surface area contributed by atoms with Gasteiger partial charge in [0.15, 0.2) is 0 Å². The molecule has 0 bridgehead atoms. The molecule has 68 heavy (non-hydrogen) atoms. The molecular weight excluding hydrogens is 819 g/mol. The minimum atomic E-state index is 0.671. The summed E-state index contributed by atoms with van der Waals surface area (Å²) in [5, 5.41) is 35.8. The highest BCUT2D eigenvalue weighted by molar-refractivity contribution is 6.47. The lowest BCUT2D eigenvalue weighted by molar-refractivity contribution is 1.47. The molecule has 0 heterocycles. The predicted octanol–water partition coefficient (Wildman–Crippen LogP) is 18.7. The van der Waals surface area contributed by atoms with Crippen LogP contribution >= 0.6 is 0 Å². The molecular formula is C67H37N. The number of hydrogen-bond donors (Lipinski definition) is 0. The van der Waals surface area contributed by atoms with E-state index in [9.17, 15) is 5.26 Å². The van der Waals surface area contributed by atoms with Crippen molar-refractivity contribution in [3.8, 4) is 61.7 Å². The summed E-state index contributed by atoms with van der Waals surface area (Å²) in [4.78, 5) is 0. The molecule has 15 aromatic carbocycles. The lowest BCUT2D eigenvalue weighted by atomic mass is 9.84. The van der Waals surface area contributed by atoms with Crippen LogP contribution in [0.15, 0.2) is 188 Å². The van der Waals surface area contributed by atoms with E-state index in [0.29, 0.717) is 5.56 Å². The zero-order valence-electron chi connectivity index (χ0n) is 37.3. The van der Waals surface area contributed by atoms with Crippen LogP contribution in [0.25, 0.3) is 163 Å². The first kappa shape index (κ1) is 36.4. The Hall–Kier alpha value is -8.83. The standard InChI is InChI=1S/C67H37N/c1-35-10-3-5-12-39(35)60-57-32-55-45-17-9-16-44-41(38-20-18-37(34-68)19-21-38)22-23-52(59(44)45)56(55)33-58(57)61(40-13-6-4-11-36(40)2)67-54-31-29-51-49-27-25-47-43-15-8-7-14-42(43)46-24-26-48(63(49)62(46)47)50-28-30-53(66(60)67)65(54)64(50)51/h3-33H,1-2H3. The zero-order chi connectivity index (χ0) is 44.7. The fourth-order valence-electron chi connectivity index (χ4n) is 13.3. The minimum Gasteiger partial charge on any atom is -0.192 e. The van der Waals surface area contributed by atoms with Gasteiger partial charge in [-0.05, 0) is 213 Å². The first-order valence-corrected chi connectivity index (χ1v) is 23.7. The summed E-state index contributed by atoms with van der Waals surface area (Å²) in [5.41, 5.74) is 16.0. The maximum atomic E-state index is 9.57. The average molecular weight is 856 g/mol. The third kappa shape index (κ3) is 4.37. The van der Waals surface area contributed by atoms with Crippen molar-refractivity contribution in [1.82, 2.24) is 0 Å². The van der Waals surface area contributed by atoms with E-state index in [1.165, 1.54) is 169 Å². The molecule has 0 unspecified atom stereocenters. The van der Waals surface area contributed by atoms with Crippen molar-refractivity contribution in [2.24, 2.45) is 0 Å². The highest BCUT2D eigenvalue weighted by Crippen LogP contribution is 2.57. The summed E-state index contributed by atoms with van der Waals surface area (Å²) >= 11 is 0. The Morgan fingerprint density at radius 3 is 1.21 bits per heavy atom. The van der Waals surface area contributed by atoms with Gasteiger partial charge in [0, 0.05) is 0 Å². The molecule has 0 aromatic heterocycles. The van der Waals surface area contributed by atoms with E-state index in [0.717, 1.165) is 5.56 Å². The van der Waals surface area contributed by atoms with Gasteiger partial charge in [0.2, 0.25) is 0 Å². The number of nitriles is 1. The van der Waals surface area contributed by atoms with Gasteiger partial charge in [0.1, 0.15) is 0 Å². The third-order valence-corrected chi connectivity index (χ3v) is 16.2. The van der Waals surface area contributed by atoms with Gasteiger partial charge in [0.05, 0.1) is 11.6 Å². The summed E-state index contributed by atoms with van der Waals surface area (Å²) in [6, 6.07) is 73.1. The molecule has 0 aliphatic heterocycles. The van der Waals surface area contributed by atoms with E-state index in [2.05, 4.69) is 196 Å². The van der Waals surface area contributed by atoms with Crippen molar-refractivity contribution in [3.05, 3.63) is 205 Å². The van der Waals surface area contributed by atoms with E-state index < -0.39 is 0 Å². The lowest BCUT2D eigenvalue weighted by Gasteiger charge is -2.19. The van der Waals surface area contributed by atoms with E-state index >= 15 is 0 Å². The molecule has 0 spiro atoms. The Labute approximate surface area is 391 Å². The molecule has 0 amide bonds. The molecule has 0 saturated carbocycles. The summed E-state index contributed by atoms with van der Waals surface area (Å²) in [7, 11) is 0. The molecule has 0 radical (unpaired) electrons. The average Bonchev–Trinajstić information content (AvgIpc) is 4.01. The van der Waals surface area contributed by atoms with Crippen LogP contribution in [0.5, 0.6) is 0 Å². The fourth-order valence-corrected chi connectivity index (χ4v) is 13.3. The Morgan fingerprint density at radius 2 is 0.676 bits per heavy atom. The van der Waals surface area contributed by atoms with Gasteiger partial charge in [-0.15, -0.1) is 0 Å². The van der Waals surface area contributed by atoms with Crippen LogP contribution in [0.1, 0.15) is 16.7 Å². The van der Waals surface area contributed by atoms with Gasteiger partial charge < -0.3 is 0 Å².